The zero-order valence-electron chi connectivity index (χ0n) is 15.3. The number of hydrogen-bond donors (Lipinski definition) is 2. The fourth-order valence-electron chi connectivity index (χ4n) is 2.44. The number of carbonyl (C=O) groups is 1. The van der Waals surface area contributed by atoms with Gasteiger partial charge in [0.25, 0.3) is 10.0 Å². The summed E-state index contributed by atoms with van der Waals surface area (Å²) in [5.74, 6) is -1.98. The van der Waals surface area contributed by atoms with E-state index in [-0.39, 0.29) is 28.6 Å². The first-order chi connectivity index (χ1) is 13.7. The van der Waals surface area contributed by atoms with Crippen molar-refractivity contribution in [2.45, 2.75) is 24.8 Å². The monoisotopic (exact) mass is 437 g/mol. The van der Waals surface area contributed by atoms with Gasteiger partial charge >= 0.3 is 0 Å². The predicted octanol–water partition coefficient (Wildman–Crippen LogP) is 3.39. The summed E-state index contributed by atoms with van der Waals surface area (Å²) in [5.41, 5.74) is 1.04. The zero-order valence-corrected chi connectivity index (χ0v) is 16.9. The normalized spacial score (nSPS) is 11.3. The van der Waals surface area contributed by atoms with Crippen LogP contribution in [0.4, 0.5) is 13.9 Å². The Labute approximate surface area is 170 Å². The van der Waals surface area contributed by atoms with Crippen LogP contribution in [0.5, 0.6) is 0 Å². The molecular formula is C19H17F2N3O3S2. The van der Waals surface area contributed by atoms with E-state index in [0.717, 1.165) is 29.0 Å². The Bertz CT molecular complexity index is 1110. The first-order valence-corrected chi connectivity index (χ1v) is 10.8. The topological polar surface area (TPSA) is 88.2 Å². The number of thiazole rings is 1. The number of sulfonamides is 1. The average Bonchev–Trinajstić information content (AvgIpc) is 3.07. The molecule has 3 aromatic rings. The highest BCUT2D eigenvalue weighted by Gasteiger charge is 2.17. The number of benzene rings is 2. The van der Waals surface area contributed by atoms with E-state index in [2.05, 4.69) is 15.0 Å². The van der Waals surface area contributed by atoms with Gasteiger partial charge in [-0.1, -0.05) is 23.8 Å². The van der Waals surface area contributed by atoms with Gasteiger partial charge in [0, 0.05) is 17.5 Å². The number of amides is 1. The van der Waals surface area contributed by atoms with Gasteiger partial charge in [-0.3, -0.25) is 9.52 Å². The van der Waals surface area contributed by atoms with Crippen molar-refractivity contribution in [1.82, 2.24) is 10.3 Å². The number of anilines is 1. The average molecular weight is 437 g/mol. The summed E-state index contributed by atoms with van der Waals surface area (Å²) >= 11 is 1.03. The number of carbonyl (C=O) groups excluding carboxylic acids is 1. The van der Waals surface area contributed by atoms with Crippen molar-refractivity contribution >= 4 is 32.4 Å². The van der Waals surface area contributed by atoms with Crippen molar-refractivity contribution < 1.29 is 22.0 Å². The predicted molar refractivity (Wildman–Crippen MR) is 106 cm³/mol. The molecule has 0 spiro atoms. The van der Waals surface area contributed by atoms with Gasteiger partial charge in [-0.05, 0) is 31.2 Å². The van der Waals surface area contributed by atoms with Crippen LogP contribution in [0.1, 0.15) is 16.8 Å². The molecule has 0 aliphatic heterocycles. The Morgan fingerprint density at radius 2 is 1.76 bits per heavy atom. The van der Waals surface area contributed by atoms with Gasteiger partial charge in [-0.25, -0.2) is 22.2 Å². The highest BCUT2D eigenvalue weighted by atomic mass is 32.2. The summed E-state index contributed by atoms with van der Waals surface area (Å²) in [6, 6.07) is 9.80. The van der Waals surface area contributed by atoms with Gasteiger partial charge in [-0.2, -0.15) is 0 Å². The Balaban J connectivity index is 1.60. The van der Waals surface area contributed by atoms with E-state index < -0.39 is 27.6 Å². The summed E-state index contributed by atoms with van der Waals surface area (Å²) in [6.45, 7) is 1.55. The molecule has 2 N–H and O–H groups in total. The molecule has 0 fully saturated rings. The first kappa shape index (κ1) is 20.9. The molecule has 0 saturated heterocycles. The van der Waals surface area contributed by atoms with E-state index in [1.807, 2.05) is 6.92 Å². The minimum atomic E-state index is -3.79. The highest BCUT2D eigenvalue weighted by Crippen LogP contribution is 2.21. The lowest BCUT2D eigenvalue weighted by atomic mass is 10.2. The van der Waals surface area contributed by atoms with Crippen LogP contribution in [-0.2, 0) is 27.8 Å². The second kappa shape index (κ2) is 8.66. The van der Waals surface area contributed by atoms with Crippen LogP contribution in [0, 0.1) is 18.6 Å². The number of nitrogens with one attached hydrogen (secondary N) is 2. The summed E-state index contributed by atoms with van der Waals surface area (Å²) < 4.78 is 54.3. The number of aryl methyl sites for hydroxylation is 1. The molecule has 152 valence electrons. The van der Waals surface area contributed by atoms with Crippen molar-refractivity contribution in [2.24, 2.45) is 0 Å². The summed E-state index contributed by atoms with van der Waals surface area (Å²) in [7, 11) is -3.79. The van der Waals surface area contributed by atoms with Crippen molar-refractivity contribution in [3.8, 4) is 0 Å². The van der Waals surface area contributed by atoms with Crippen LogP contribution in [0.15, 0.2) is 52.7 Å². The Morgan fingerprint density at radius 3 is 2.41 bits per heavy atom. The maximum atomic E-state index is 13.6. The summed E-state index contributed by atoms with van der Waals surface area (Å²) in [4.78, 5) is 16.2. The minimum Gasteiger partial charge on any atom is -0.351 e. The van der Waals surface area contributed by atoms with Crippen LogP contribution in [0.2, 0.25) is 0 Å². The summed E-state index contributed by atoms with van der Waals surface area (Å²) in [6.07, 6.45) is -0.154. The van der Waals surface area contributed by atoms with Crippen LogP contribution < -0.4 is 10.0 Å². The van der Waals surface area contributed by atoms with E-state index in [1.165, 1.54) is 23.6 Å². The minimum absolute atomic E-state index is 0.101. The van der Waals surface area contributed by atoms with Gasteiger partial charge < -0.3 is 5.32 Å². The third-order valence-electron chi connectivity index (χ3n) is 3.97. The molecule has 0 saturated carbocycles. The number of nitrogens with zero attached hydrogens (tertiary/aromatic N) is 1. The fourth-order valence-corrected chi connectivity index (χ4v) is 4.40. The van der Waals surface area contributed by atoms with Crippen molar-refractivity contribution in [2.75, 3.05) is 4.72 Å². The number of halogens is 2. The Hall–Kier alpha value is -2.85. The molecule has 6 nitrogen and oxygen atoms in total. The molecule has 0 aliphatic carbocycles. The lowest BCUT2D eigenvalue weighted by Gasteiger charge is -2.07. The smallest absolute Gasteiger partial charge is 0.263 e. The number of hydrogen-bond acceptors (Lipinski definition) is 5. The van der Waals surface area contributed by atoms with E-state index in [1.54, 1.807) is 12.1 Å². The number of rotatable bonds is 7. The molecule has 0 aliphatic rings. The van der Waals surface area contributed by atoms with Gasteiger partial charge in [0.1, 0.15) is 11.6 Å². The Kier molecular flexibility index (Phi) is 6.23. The second-order valence-corrected chi connectivity index (χ2v) is 8.76. The van der Waals surface area contributed by atoms with E-state index in [4.69, 9.17) is 0 Å². The van der Waals surface area contributed by atoms with Crippen LogP contribution in [-0.4, -0.2) is 19.3 Å². The molecule has 10 heteroatoms. The molecule has 3 rings (SSSR count). The van der Waals surface area contributed by atoms with Crippen LogP contribution >= 0.6 is 11.3 Å². The molecule has 1 aromatic heterocycles. The van der Waals surface area contributed by atoms with Crippen molar-refractivity contribution in [1.29, 1.82) is 0 Å². The third-order valence-corrected chi connectivity index (χ3v) is 6.26. The molecule has 1 heterocycles. The summed E-state index contributed by atoms with van der Waals surface area (Å²) in [5, 5.41) is 4.08. The zero-order chi connectivity index (χ0) is 21.0. The van der Waals surface area contributed by atoms with E-state index >= 15 is 0 Å². The molecule has 0 bridgehead atoms. The standard InChI is InChI=1S/C19H17F2N3O3S2/c1-12-5-7-14(8-6-12)29(26,27)24-19-23-13(11-28-19)9-18(25)22-10-15-16(20)3-2-4-17(15)21/h2-8,11H,9-10H2,1H3,(H,22,25)(H,23,24). The lowest BCUT2D eigenvalue weighted by Crippen LogP contribution is -2.25. The quantitative estimate of drug-likeness (QED) is 0.593. The van der Waals surface area contributed by atoms with Crippen molar-refractivity contribution in [3.05, 3.63) is 76.3 Å². The van der Waals surface area contributed by atoms with E-state index in [9.17, 15) is 22.0 Å². The molecule has 1 amide bonds. The van der Waals surface area contributed by atoms with Crippen LogP contribution in [0.3, 0.4) is 0 Å². The molecule has 29 heavy (non-hydrogen) atoms. The van der Waals surface area contributed by atoms with Crippen molar-refractivity contribution in [3.63, 3.8) is 0 Å². The molecular weight excluding hydrogens is 420 g/mol. The molecule has 0 radical (unpaired) electrons. The highest BCUT2D eigenvalue weighted by molar-refractivity contribution is 7.93. The third kappa shape index (κ3) is 5.36. The van der Waals surface area contributed by atoms with E-state index in [0.29, 0.717) is 5.69 Å². The van der Waals surface area contributed by atoms with Crippen LogP contribution in [0.25, 0.3) is 0 Å². The fraction of sp³-hybridized carbons (Fsp3) is 0.158. The molecule has 0 unspecified atom stereocenters. The first-order valence-electron chi connectivity index (χ1n) is 8.48. The van der Waals surface area contributed by atoms with Gasteiger partial charge in [0.2, 0.25) is 5.91 Å². The van der Waals surface area contributed by atoms with Gasteiger partial charge in [0.05, 0.1) is 17.0 Å². The van der Waals surface area contributed by atoms with Gasteiger partial charge in [0.15, 0.2) is 5.13 Å². The largest absolute Gasteiger partial charge is 0.351 e. The number of aromatic nitrogens is 1. The SMILES string of the molecule is Cc1ccc(S(=O)(=O)Nc2nc(CC(=O)NCc3c(F)cccc3F)cs2)cc1. The maximum Gasteiger partial charge on any atom is 0.263 e. The van der Waals surface area contributed by atoms with Gasteiger partial charge in [-0.15, -0.1) is 11.3 Å². The maximum absolute atomic E-state index is 13.6. The molecule has 0 atom stereocenters. The molecule has 2 aromatic carbocycles. The Morgan fingerprint density at radius 1 is 1.10 bits per heavy atom. The second-order valence-electron chi connectivity index (χ2n) is 6.22. The lowest BCUT2D eigenvalue weighted by molar-refractivity contribution is -0.120.